The molecule has 0 radical (unpaired) electrons. The van der Waals surface area contributed by atoms with Crippen LogP contribution in [-0.2, 0) is 10.1 Å². The average molecular weight is 336 g/mol. The van der Waals surface area contributed by atoms with Gasteiger partial charge in [-0.25, -0.2) is 8.42 Å². The van der Waals surface area contributed by atoms with Gasteiger partial charge in [-0.1, -0.05) is 80.4 Å². The fourth-order valence-electron chi connectivity index (χ4n) is 1.76. The first kappa shape index (κ1) is 21.6. The predicted molar refractivity (Wildman–Crippen MR) is 91.1 cm³/mol. The third kappa shape index (κ3) is 6.69. The summed E-state index contributed by atoms with van der Waals surface area (Å²) in [4.78, 5) is -0.222. The molecule has 0 fully saturated rings. The molecule has 0 atom stereocenters. The molecule has 3 nitrogen and oxygen atoms in total. The van der Waals surface area contributed by atoms with Crippen LogP contribution in [0.3, 0.4) is 0 Å². The smallest absolute Gasteiger partial charge is 0.744 e. The van der Waals surface area contributed by atoms with Crippen molar-refractivity contribution in [1.82, 2.24) is 0 Å². The maximum Gasteiger partial charge on any atom is 1.00 e. The Morgan fingerprint density at radius 1 is 0.739 bits per heavy atom. The van der Waals surface area contributed by atoms with Crippen molar-refractivity contribution < 1.29 is 42.5 Å². The largest absolute Gasteiger partial charge is 1.00 e. The molecule has 114 valence electrons. The van der Waals surface area contributed by atoms with E-state index in [4.69, 9.17) is 0 Å². The van der Waals surface area contributed by atoms with Crippen molar-refractivity contribution >= 4 is 28.3 Å². The molecule has 0 amide bonds. The Morgan fingerprint density at radius 3 is 1.39 bits per heavy atom. The second-order valence-electron chi connectivity index (χ2n) is 4.23. The van der Waals surface area contributed by atoms with Gasteiger partial charge < -0.3 is 4.55 Å². The molecular weight excluding hydrogens is 319 g/mol. The minimum absolute atomic E-state index is 0. The molecule has 2 aromatic carbocycles. The molecule has 0 heterocycles. The third-order valence-electron chi connectivity index (χ3n) is 2.84. The molecule has 0 aromatic heterocycles. The molecule has 2 rings (SSSR count). The fourth-order valence-corrected chi connectivity index (χ4v) is 2.44. The first-order chi connectivity index (χ1) is 10.4. The van der Waals surface area contributed by atoms with E-state index in [1.807, 2.05) is 36.4 Å². The summed E-state index contributed by atoms with van der Waals surface area (Å²) < 4.78 is 31.8. The van der Waals surface area contributed by atoms with Gasteiger partial charge >= 0.3 is 29.6 Å². The van der Waals surface area contributed by atoms with Crippen LogP contribution in [0.5, 0.6) is 0 Å². The van der Waals surface area contributed by atoms with E-state index in [2.05, 4.69) is 19.7 Å². The fraction of sp³-hybridized carbons (Fsp3) is 0. The zero-order valence-corrected chi connectivity index (χ0v) is 15.9. The molecule has 0 aliphatic heterocycles. The van der Waals surface area contributed by atoms with E-state index in [-0.39, 0.29) is 34.5 Å². The summed E-state index contributed by atoms with van der Waals surface area (Å²) in [5.41, 5.74) is 2.61. The Balaban J connectivity index is 0.000000409. The van der Waals surface area contributed by atoms with Crippen LogP contribution in [0.2, 0.25) is 0 Å². The molecule has 0 N–H and O–H groups in total. The van der Waals surface area contributed by atoms with Crippen molar-refractivity contribution in [3.8, 4) is 0 Å². The van der Waals surface area contributed by atoms with Gasteiger partial charge in [-0.15, -0.1) is 0 Å². The molecular formula is C18H17NaO3S. The second-order valence-corrected chi connectivity index (χ2v) is 5.58. The molecule has 0 unspecified atom stereocenters. The van der Waals surface area contributed by atoms with Gasteiger partial charge in [-0.3, -0.25) is 0 Å². The van der Waals surface area contributed by atoms with Crippen LogP contribution in [0.25, 0.3) is 18.2 Å². The summed E-state index contributed by atoms with van der Waals surface area (Å²) in [5, 5.41) is 0. The van der Waals surface area contributed by atoms with Gasteiger partial charge in [-0.05, 0) is 22.8 Å². The number of benzene rings is 2. The summed E-state index contributed by atoms with van der Waals surface area (Å²) in [5.74, 6) is 0. The van der Waals surface area contributed by atoms with E-state index in [0.29, 0.717) is 5.56 Å². The Bertz CT molecular complexity index is 753. The van der Waals surface area contributed by atoms with E-state index < -0.39 is 10.1 Å². The second kappa shape index (κ2) is 10.4. The molecule has 0 aliphatic rings. The van der Waals surface area contributed by atoms with Crippen molar-refractivity contribution in [1.29, 1.82) is 0 Å². The Kier molecular flexibility index (Phi) is 9.72. The maximum atomic E-state index is 10.6. The number of hydrogen-bond acceptors (Lipinski definition) is 3. The molecule has 0 aliphatic carbocycles. The van der Waals surface area contributed by atoms with Crippen molar-refractivity contribution in [3.63, 3.8) is 0 Å². The van der Waals surface area contributed by atoms with Crippen molar-refractivity contribution in [2.45, 2.75) is 4.90 Å². The van der Waals surface area contributed by atoms with Crippen LogP contribution >= 0.6 is 0 Å². The third-order valence-corrected chi connectivity index (χ3v) is 3.75. The standard InChI is InChI=1S/C10H10.C8H8O3S.Na/c1-3-9-7-5-6-8-10(9)4-2;1-2-7-5-3-4-6-8(7)12(9,10)11;/h3-8H,1-2H2;2-6H,1H2,(H,9,10,11);/q;;+1/p-1. The Hall–Kier alpha value is -1.43. The average Bonchev–Trinajstić information content (AvgIpc) is 2.54. The van der Waals surface area contributed by atoms with E-state index in [9.17, 15) is 13.0 Å². The summed E-state index contributed by atoms with van der Waals surface area (Å²) in [6, 6.07) is 13.9. The molecule has 0 bridgehead atoms. The minimum atomic E-state index is -4.37. The molecule has 0 saturated heterocycles. The van der Waals surface area contributed by atoms with Gasteiger partial charge in [0.2, 0.25) is 0 Å². The molecule has 23 heavy (non-hydrogen) atoms. The maximum absolute atomic E-state index is 10.6. The van der Waals surface area contributed by atoms with Gasteiger partial charge in [-0.2, -0.15) is 0 Å². The van der Waals surface area contributed by atoms with Gasteiger partial charge in [0.25, 0.3) is 0 Å². The van der Waals surface area contributed by atoms with Crippen molar-refractivity contribution in [2.75, 3.05) is 0 Å². The van der Waals surface area contributed by atoms with Gasteiger partial charge in [0, 0.05) is 0 Å². The SMILES string of the molecule is C=Cc1ccccc1C=C.C=Cc1ccccc1S(=O)(=O)[O-].[Na+]. The molecule has 2 aromatic rings. The molecule has 0 saturated carbocycles. The first-order valence-electron chi connectivity index (χ1n) is 6.45. The van der Waals surface area contributed by atoms with Crippen molar-refractivity contribution in [3.05, 3.63) is 85.0 Å². The summed E-state index contributed by atoms with van der Waals surface area (Å²) >= 11 is 0. The van der Waals surface area contributed by atoms with Crippen LogP contribution in [0.1, 0.15) is 16.7 Å². The van der Waals surface area contributed by atoms with Crippen molar-refractivity contribution in [2.24, 2.45) is 0 Å². The van der Waals surface area contributed by atoms with Crippen LogP contribution in [0.4, 0.5) is 0 Å². The Labute approximate surface area is 160 Å². The van der Waals surface area contributed by atoms with Crippen LogP contribution in [-0.4, -0.2) is 13.0 Å². The zero-order chi connectivity index (χ0) is 16.6. The summed E-state index contributed by atoms with van der Waals surface area (Å²) in [6.07, 6.45) is 5.00. The monoisotopic (exact) mass is 336 g/mol. The van der Waals surface area contributed by atoms with E-state index >= 15 is 0 Å². The van der Waals surface area contributed by atoms with E-state index in [0.717, 1.165) is 11.1 Å². The Morgan fingerprint density at radius 2 is 1.09 bits per heavy atom. The van der Waals surface area contributed by atoms with Gasteiger partial charge in [0.05, 0.1) is 4.90 Å². The zero-order valence-electron chi connectivity index (χ0n) is 13.1. The van der Waals surface area contributed by atoms with Crippen LogP contribution in [0.15, 0.2) is 73.2 Å². The van der Waals surface area contributed by atoms with E-state index in [1.165, 1.54) is 24.3 Å². The number of hydrogen-bond donors (Lipinski definition) is 0. The molecule has 5 heteroatoms. The van der Waals surface area contributed by atoms with E-state index in [1.54, 1.807) is 6.07 Å². The summed E-state index contributed by atoms with van der Waals surface area (Å²) in [7, 11) is -4.37. The quantitative estimate of drug-likeness (QED) is 0.623. The van der Waals surface area contributed by atoms with Gasteiger partial charge in [0.1, 0.15) is 10.1 Å². The van der Waals surface area contributed by atoms with Crippen LogP contribution < -0.4 is 29.6 Å². The predicted octanol–water partition coefficient (Wildman–Crippen LogP) is 1.21. The topological polar surface area (TPSA) is 57.2 Å². The first-order valence-corrected chi connectivity index (χ1v) is 7.86. The van der Waals surface area contributed by atoms with Gasteiger partial charge in [0.15, 0.2) is 0 Å². The molecule has 0 spiro atoms. The summed E-state index contributed by atoms with van der Waals surface area (Å²) in [6.45, 7) is 10.8. The minimum Gasteiger partial charge on any atom is -0.744 e. The normalized spacial score (nSPS) is 9.61. The number of rotatable bonds is 4. The van der Waals surface area contributed by atoms with Crippen LogP contribution in [0, 0.1) is 0 Å².